The zero-order valence-electron chi connectivity index (χ0n) is 23.4. The molecule has 0 spiro atoms. The summed E-state index contributed by atoms with van der Waals surface area (Å²) in [5, 5.41) is 6.93. The van der Waals surface area contributed by atoms with Gasteiger partial charge >= 0.3 is 0 Å². The fourth-order valence-electron chi connectivity index (χ4n) is 4.57. The second kappa shape index (κ2) is 16.8. The maximum atomic E-state index is 12.3. The monoisotopic (exact) mass is 580 g/mol. The zero-order chi connectivity index (χ0) is 28.7. The number of rotatable bonds is 7. The first-order chi connectivity index (χ1) is 19.5. The van der Waals surface area contributed by atoms with Crippen molar-refractivity contribution in [1.29, 1.82) is 0 Å². The number of hydrogen-bond donors (Lipinski definition) is 2. The van der Waals surface area contributed by atoms with Crippen molar-refractivity contribution in [2.75, 3.05) is 6.38 Å². The number of halogens is 2. The molecule has 40 heavy (non-hydrogen) atoms. The lowest BCUT2D eigenvalue weighted by molar-refractivity contribution is 0.0951. The van der Waals surface area contributed by atoms with Gasteiger partial charge in [-0.05, 0) is 48.1 Å². The van der Waals surface area contributed by atoms with Crippen molar-refractivity contribution in [3.05, 3.63) is 112 Å². The number of hydrogen-bond acceptors (Lipinski definition) is 5. The third-order valence-electron chi connectivity index (χ3n) is 6.73. The molecule has 4 aromatic rings. The molecular weight excluding hydrogens is 543 g/mol. The summed E-state index contributed by atoms with van der Waals surface area (Å²) >= 11 is 10.7. The zero-order valence-corrected chi connectivity index (χ0v) is 24.9. The number of imidazole rings is 1. The van der Waals surface area contributed by atoms with Gasteiger partial charge in [-0.2, -0.15) is 0 Å². The van der Waals surface area contributed by atoms with Crippen molar-refractivity contribution >= 4 is 29.1 Å². The number of nitrogens with one attached hydrogen (secondary N) is 2. The fourth-order valence-corrected chi connectivity index (χ4v) is 4.77. The van der Waals surface area contributed by atoms with Crippen molar-refractivity contribution in [1.82, 2.24) is 30.2 Å². The molecule has 212 valence electrons. The largest absolute Gasteiger partial charge is 0.348 e. The molecule has 1 aliphatic carbocycles. The van der Waals surface area contributed by atoms with Crippen LogP contribution in [0.4, 0.5) is 0 Å². The van der Waals surface area contributed by atoms with E-state index in [0.717, 1.165) is 37.2 Å². The Balaban J connectivity index is 0.000000376. The molecule has 5 rings (SSSR count). The van der Waals surface area contributed by atoms with Gasteiger partial charge in [-0.1, -0.05) is 55.3 Å². The van der Waals surface area contributed by atoms with E-state index in [9.17, 15) is 4.79 Å². The van der Waals surface area contributed by atoms with Crippen molar-refractivity contribution in [3.63, 3.8) is 0 Å². The molecule has 7 nitrogen and oxygen atoms in total. The number of benzene rings is 1. The Labute approximate surface area is 247 Å². The second-order valence-electron chi connectivity index (χ2n) is 9.39. The van der Waals surface area contributed by atoms with Crippen LogP contribution < -0.4 is 10.6 Å². The molecule has 0 aliphatic heterocycles. The van der Waals surface area contributed by atoms with Crippen molar-refractivity contribution in [3.8, 4) is 0 Å². The number of nitrogens with zero attached hydrogens (tertiary/aromatic N) is 4. The third-order valence-corrected chi connectivity index (χ3v) is 7.03. The topological polar surface area (TPSA) is 84.7 Å². The van der Waals surface area contributed by atoms with E-state index in [-0.39, 0.29) is 5.91 Å². The fraction of sp³-hybridized carbons (Fsp3) is 0.355. The number of carbonyl (C=O) groups is 1. The van der Waals surface area contributed by atoms with Crippen molar-refractivity contribution in [2.24, 2.45) is 7.05 Å². The van der Waals surface area contributed by atoms with Crippen LogP contribution in [0.5, 0.6) is 0 Å². The van der Waals surface area contributed by atoms with Crippen LogP contribution in [0.25, 0.3) is 0 Å². The highest BCUT2D eigenvalue weighted by Gasteiger charge is 2.19. The predicted octanol–water partition coefficient (Wildman–Crippen LogP) is 6.45. The summed E-state index contributed by atoms with van der Waals surface area (Å²) in [4.78, 5) is 24.9. The van der Waals surface area contributed by atoms with Gasteiger partial charge in [-0.3, -0.25) is 14.8 Å². The molecule has 0 saturated heterocycles. The number of carbonyl (C=O) groups excluding carboxylic acids is 1. The van der Waals surface area contributed by atoms with E-state index >= 15 is 0 Å². The average Bonchev–Trinajstić information content (AvgIpc) is 3.31. The minimum Gasteiger partial charge on any atom is -0.348 e. The van der Waals surface area contributed by atoms with Gasteiger partial charge in [-0.15, -0.1) is 11.6 Å². The average molecular weight is 582 g/mol. The summed E-state index contributed by atoms with van der Waals surface area (Å²) in [7, 11) is 2.01. The summed E-state index contributed by atoms with van der Waals surface area (Å²) in [6.07, 6.45) is 15.9. The van der Waals surface area contributed by atoms with Crippen LogP contribution in [0.3, 0.4) is 0 Å². The van der Waals surface area contributed by atoms with Gasteiger partial charge in [0.2, 0.25) is 0 Å². The lowest BCUT2D eigenvalue weighted by atomic mass is 10.0. The molecule has 1 aliphatic rings. The van der Waals surface area contributed by atoms with Crippen LogP contribution >= 0.6 is 23.2 Å². The first-order valence-electron chi connectivity index (χ1n) is 13.5. The number of fused-ring (bicyclic) bond motifs is 1. The van der Waals surface area contributed by atoms with Crippen molar-refractivity contribution < 1.29 is 4.79 Å². The molecule has 2 N–H and O–H groups in total. The molecule has 1 aromatic carbocycles. The van der Waals surface area contributed by atoms with E-state index in [4.69, 9.17) is 11.6 Å². The summed E-state index contributed by atoms with van der Waals surface area (Å²) in [5.41, 5.74) is 5.25. The molecule has 0 fully saturated rings. The van der Waals surface area contributed by atoms with E-state index < -0.39 is 0 Å². The third kappa shape index (κ3) is 9.15. The quantitative estimate of drug-likeness (QED) is 0.194. The standard InChI is InChI=1S/C24H25ClN4O.C6H10N2.CH3Cl/c25-21-16-26-13-11-20(21)24(30)29-15-18-9-7-17(8-10-18)14-28-22-6-2-1-4-19-5-3-12-27-23(19)22;1-3-6-7-4-5-8(6)2;1-2/h3,5,7-13,16,22,28H,1-2,4,6,14-15H2,(H,29,30);4-5H,3H2,1-2H3;1H3. The Morgan fingerprint density at radius 2 is 1.75 bits per heavy atom. The molecule has 0 radical (unpaired) electrons. The van der Waals surface area contributed by atoms with Crippen LogP contribution in [0, 0.1) is 0 Å². The SMILES string of the molecule is CCc1nccn1C.CCl.O=C(NCc1ccc(CNC2CCCCc3cccnc32)cc1)c1ccncc1Cl. The second-order valence-corrected chi connectivity index (χ2v) is 9.80. The van der Waals surface area contributed by atoms with E-state index in [1.165, 1.54) is 42.2 Å². The number of aryl methyl sites for hydroxylation is 3. The highest BCUT2D eigenvalue weighted by atomic mass is 35.5. The smallest absolute Gasteiger partial charge is 0.253 e. The van der Waals surface area contributed by atoms with Crippen LogP contribution in [0.2, 0.25) is 5.02 Å². The van der Waals surface area contributed by atoms with Crippen LogP contribution in [0.1, 0.15) is 70.8 Å². The van der Waals surface area contributed by atoms with E-state index in [1.54, 1.807) is 12.3 Å². The molecule has 0 saturated carbocycles. The lowest BCUT2D eigenvalue weighted by Crippen LogP contribution is -2.23. The maximum absolute atomic E-state index is 12.3. The summed E-state index contributed by atoms with van der Waals surface area (Å²) < 4.78 is 2.03. The van der Waals surface area contributed by atoms with Crippen LogP contribution in [-0.4, -0.2) is 31.8 Å². The molecule has 1 atom stereocenters. The highest BCUT2D eigenvalue weighted by Crippen LogP contribution is 2.27. The molecule has 1 unspecified atom stereocenters. The molecule has 3 aromatic heterocycles. The molecule has 9 heteroatoms. The summed E-state index contributed by atoms with van der Waals surface area (Å²) in [5.74, 6) is 0.942. The summed E-state index contributed by atoms with van der Waals surface area (Å²) in [6.45, 7) is 3.34. The number of pyridine rings is 2. The van der Waals surface area contributed by atoms with Gasteiger partial charge < -0.3 is 15.2 Å². The van der Waals surface area contributed by atoms with Gasteiger partial charge in [-0.25, -0.2) is 4.98 Å². The minimum absolute atomic E-state index is 0.201. The van der Waals surface area contributed by atoms with Crippen molar-refractivity contribution in [2.45, 2.75) is 58.2 Å². The lowest BCUT2D eigenvalue weighted by Gasteiger charge is -2.18. The minimum atomic E-state index is -0.201. The van der Waals surface area contributed by atoms with Gasteiger partial charge in [0.25, 0.3) is 5.91 Å². The van der Waals surface area contributed by atoms with Gasteiger partial charge in [0.05, 0.1) is 22.3 Å². The van der Waals surface area contributed by atoms with Crippen LogP contribution in [0.15, 0.2) is 73.4 Å². The molecule has 3 heterocycles. The highest BCUT2D eigenvalue weighted by molar-refractivity contribution is 6.33. The van der Waals surface area contributed by atoms with Gasteiger partial charge in [0.15, 0.2) is 0 Å². The number of amides is 1. The molecule has 0 bridgehead atoms. The molecule has 1 amide bonds. The van der Waals surface area contributed by atoms with Gasteiger partial charge in [0.1, 0.15) is 5.82 Å². The Hall–Kier alpha value is -3.26. The first-order valence-corrected chi connectivity index (χ1v) is 14.6. The van der Waals surface area contributed by atoms with Gasteiger partial charge in [0, 0.05) is 63.9 Å². The predicted molar refractivity (Wildman–Crippen MR) is 163 cm³/mol. The first kappa shape index (κ1) is 31.3. The van der Waals surface area contributed by atoms with E-state index in [1.807, 2.05) is 48.4 Å². The summed E-state index contributed by atoms with van der Waals surface area (Å²) in [6, 6.07) is 14.4. The normalized spacial score (nSPS) is 14.0. The van der Waals surface area contributed by atoms with E-state index in [2.05, 4.69) is 62.3 Å². The molecular formula is C31H38Cl2N6O. The number of alkyl halides is 1. The number of aromatic nitrogens is 4. The Kier molecular flexibility index (Phi) is 13.1. The Morgan fingerprint density at radius 1 is 1.00 bits per heavy atom. The van der Waals surface area contributed by atoms with E-state index in [0.29, 0.717) is 23.2 Å². The van der Waals surface area contributed by atoms with Crippen LogP contribution in [-0.2, 0) is 33.0 Å². The maximum Gasteiger partial charge on any atom is 0.253 e. The Bertz CT molecular complexity index is 1330. The Morgan fingerprint density at radius 3 is 2.40 bits per heavy atom.